The number of allylic oxidation sites excluding steroid dienone is 1. The van der Waals surface area contributed by atoms with Gasteiger partial charge in [0.25, 0.3) is 0 Å². The lowest BCUT2D eigenvalue weighted by Gasteiger charge is -2.16. The Bertz CT molecular complexity index is 426. The Morgan fingerprint density at radius 1 is 1.37 bits per heavy atom. The van der Waals surface area contributed by atoms with Gasteiger partial charge in [0.2, 0.25) is 6.29 Å². The number of esters is 1. The SMILES string of the molecule is C/C=C\OC(C)Oc1ccccc1CC(=O)OCC. The third kappa shape index (κ3) is 5.46. The molecule has 1 aromatic rings. The first kappa shape index (κ1) is 15.1. The summed E-state index contributed by atoms with van der Waals surface area (Å²) in [7, 11) is 0. The number of para-hydroxylation sites is 1. The molecule has 4 heteroatoms. The second-order valence-electron chi connectivity index (χ2n) is 3.88. The molecule has 0 aliphatic rings. The maximum atomic E-state index is 11.5. The Hall–Kier alpha value is -1.97. The highest BCUT2D eigenvalue weighted by molar-refractivity contribution is 5.73. The van der Waals surface area contributed by atoms with E-state index in [0.717, 1.165) is 5.56 Å². The van der Waals surface area contributed by atoms with Gasteiger partial charge in [0, 0.05) is 12.5 Å². The molecule has 0 fully saturated rings. The lowest BCUT2D eigenvalue weighted by molar-refractivity contribution is -0.142. The monoisotopic (exact) mass is 264 g/mol. The molecule has 0 amide bonds. The lowest BCUT2D eigenvalue weighted by atomic mass is 10.1. The molecule has 1 aromatic carbocycles. The molecule has 0 aliphatic heterocycles. The topological polar surface area (TPSA) is 44.8 Å². The van der Waals surface area contributed by atoms with Gasteiger partial charge in [-0.05, 0) is 19.9 Å². The minimum atomic E-state index is -0.417. The summed E-state index contributed by atoms with van der Waals surface area (Å²) in [4.78, 5) is 11.5. The van der Waals surface area contributed by atoms with Gasteiger partial charge in [0.1, 0.15) is 5.75 Å². The standard InChI is InChI=1S/C15H20O4/c1-4-10-18-12(3)19-14-9-7-6-8-13(14)11-15(16)17-5-2/h4,6-10,12H,5,11H2,1-3H3/b10-4-. The van der Waals surface area contributed by atoms with E-state index in [1.165, 1.54) is 0 Å². The van der Waals surface area contributed by atoms with Crippen LogP contribution in [-0.4, -0.2) is 18.9 Å². The highest BCUT2D eigenvalue weighted by Crippen LogP contribution is 2.20. The number of hydrogen-bond acceptors (Lipinski definition) is 4. The summed E-state index contributed by atoms with van der Waals surface area (Å²) in [5.74, 6) is 0.369. The maximum absolute atomic E-state index is 11.5. The van der Waals surface area contributed by atoms with Crippen LogP contribution in [0.5, 0.6) is 5.75 Å². The first-order valence-electron chi connectivity index (χ1n) is 6.34. The van der Waals surface area contributed by atoms with Crippen molar-refractivity contribution in [1.82, 2.24) is 0 Å². The van der Waals surface area contributed by atoms with Crippen LogP contribution in [0.1, 0.15) is 26.3 Å². The van der Waals surface area contributed by atoms with E-state index in [4.69, 9.17) is 14.2 Å². The van der Waals surface area contributed by atoms with Crippen LogP contribution in [0.3, 0.4) is 0 Å². The van der Waals surface area contributed by atoms with Crippen LogP contribution in [0.25, 0.3) is 0 Å². The molecule has 0 radical (unpaired) electrons. The fraction of sp³-hybridized carbons (Fsp3) is 0.400. The molecule has 0 saturated carbocycles. The van der Waals surface area contributed by atoms with Crippen molar-refractivity contribution in [2.24, 2.45) is 0 Å². The van der Waals surface area contributed by atoms with Crippen LogP contribution in [0.4, 0.5) is 0 Å². The molecule has 1 atom stereocenters. The molecule has 0 N–H and O–H groups in total. The van der Waals surface area contributed by atoms with E-state index in [-0.39, 0.29) is 12.4 Å². The molecule has 4 nitrogen and oxygen atoms in total. The van der Waals surface area contributed by atoms with Crippen molar-refractivity contribution in [2.75, 3.05) is 6.61 Å². The Labute approximate surface area is 114 Å². The molecule has 0 aromatic heterocycles. The van der Waals surface area contributed by atoms with Crippen molar-refractivity contribution < 1.29 is 19.0 Å². The molecular formula is C15H20O4. The first-order valence-corrected chi connectivity index (χ1v) is 6.34. The second-order valence-corrected chi connectivity index (χ2v) is 3.88. The molecule has 104 valence electrons. The average Bonchev–Trinajstić information content (AvgIpc) is 2.39. The summed E-state index contributed by atoms with van der Waals surface area (Å²) in [6.45, 7) is 5.82. The number of ether oxygens (including phenoxy) is 3. The van der Waals surface area contributed by atoms with Crippen LogP contribution < -0.4 is 4.74 Å². The molecule has 0 aliphatic carbocycles. The molecule has 0 heterocycles. The van der Waals surface area contributed by atoms with Crippen LogP contribution in [-0.2, 0) is 20.7 Å². The first-order chi connectivity index (χ1) is 9.17. The summed E-state index contributed by atoms with van der Waals surface area (Å²) in [5, 5.41) is 0. The molecule has 0 spiro atoms. The highest BCUT2D eigenvalue weighted by Gasteiger charge is 2.11. The maximum Gasteiger partial charge on any atom is 0.310 e. The molecule has 0 saturated heterocycles. The van der Waals surface area contributed by atoms with Gasteiger partial charge in [0.15, 0.2) is 0 Å². The van der Waals surface area contributed by atoms with E-state index in [2.05, 4.69) is 0 Å². The van der Waals surface area contributed by atoms with Gasteiger partial charge in [-0.15, -0.1) is 0 Å². The average molecular weight is 264 g/mol. The van der Waals surface area contributed by atoms with Crippen molar-refractivity contribution in [1.29, 1.82) is 0 Å². The van der Waals surface area contributed by atoms with Crippen LogP contribution >= 0.6 is 0 Å². The van der Waals surface area contributed by atoms with Crippen LogP contribution in [0.2, 0.25) is 0 Å². The number of rotatable bonds is 7. The Kier molecular flexibility index (Phi) is 6.50. The smallest absolute Gasteiger partial charge is 0.310 e. The Morgan fingerprint density at radius 2 is 2.11 bits per heavy atom. The van der Waals surface area contributed by atoms with Crippen molar-refractivity contribution >= 4 is 5.97 Å². The molecule has 0 bridgehead atoms. The zero-order chi connectivity index (χ0) is 14.1. The highest BCUT2D eigenvalue weighted by atomic mass is 16.7. The fourth-order valence-corrected chi connectivity index (χ4v) is 1.53. The number of carbonyl (C=O) groups is 1. The normalized spacial score (nSPS) is 12.2. The third-order valence-electron chi connectivity index (χ3n) is 2.31. The lowest BCUT2D eigenvalue weighted by Crippen LogP contribution is -2.15. The van der Waals surface area contributed by atoms with Gasteiger partial charge in [-0.2, -0.15) is 0 Å². The third-order valence-corrected chi connectivity index (χ3v) is 2.31. The van der Waals surface area contributed by atoms with Gasteiger partial charge in [-0.1, -0.05) is 24.3 Å². The van der Waals surface area contributed by atoms with E-state index in [1.807, 2.05) is 31.2 Å². The van der Waals surface area contributed by atoms with E-state index < -0.39 is 6.29 Å². The molecule has 1 unspecified atom stereocenters. The summed E-state index contributed by atoms with van der Waals surface area (Å²) >= 11 is 0. The van der Waals surface area contributed by atoms with Crippen molar-refractivity contribution in [3.05, 3.63) is 42.2 Å². The van der Waals surface area contributed by atoms with Gasteiger partial charge >= 0.3 is 5.97 Å². The van der Waals surface area contributed by atoms with Crippen LogP contribution in [0, 0.1) is 0 Å². The Morgan fingerprint density at radius 3 is 2.79 bits per heavy atom. The van der Waals surface area contributed by atoms with E-state index >= 15 is 0 Å². The van der Waals surface area contributed by atoms with Gasteiger partial charge < -0.3 is 14.2 Å². The van der Waals surface area contributed by atoms with Crippen molar-refractivity contribution in [2.45, 2.75) is 33.5 Å². The van der Waals surface area contributed by atoms with E-state index in [0.29, 0.717) is 12.4 Å². The predicted octanol–water partition coefficient (Wildman–Crippen LogP) is 3.07. The second kappa shape index (κ2) is 8.19. The predicted molar refractivity (Wildman–Crippen MR) is 72.8 cm³/mol. The summed E-state index contributed by atoms with van der Waals surface area (Å²) in [6.07, 6.45) is 3.13. The van der Waals surface area contributed by atoms with E-state index in [1.54, 1.807) is 26.2 Å². The van der Waals surface area contributed by atoms with Crippen molar-refractivity contribution in [3.63, 3.8) is 0 Å². The summed E-state index contributed by atoms with van der Waals surface area (Å²) in [6, 6.07) is 7.37. The quantitative estimate of drug-likeness (QED) is 0.431. The van der Waals surface area contributed by atoms with Gasteiger partial charge in [-0.25, -0.2) is 0 Å². The summed E-state index contributed by atoms with van der Waals surface area (Å²) in [5.41, 5.74) is 0.789. The van der Waals surface area contributed by atoms with E-state index in [9.17, 15) is 4.79 Å². The zero-order valence-electron chi connectivity index (χ0n) is 11.6. The zero-order valence-corrected chi connectivity index (χ0v) is 11.6. The van der Waals surface area contributed by atoms with Gasteiger partial charge in [0.05, 0.1) is 19.3 Å². The molecule has 19 heavy (non-hydrogen) atoms. The van der Waals surface area contributed by atoms with Gasteiger partial charge in [-0.3, -0.25) is 4.79 Å². The number of benzene rings is 1. The number of carbonyl (C=O) groups excluding carboxylic acids is 1. The fourth-order valence-electron chi connectivity index (χ4n) is 1.53. The minimum Gasteiger partial charge on any atom is -0.466 e. The molecule has 1 rings (SSSR count). The largest absolute Gasteiger partial charge is 0.466 e. The van der Waals surface area contributed by atoms with Crippen LogP contribution in [0.15, 0.2) is 36.6 Å². The Balaban J connectivity index is 2.69. The molecular weight excluding hydrogens is 244 g/mol. The van der Waals surface area contributed by atoms with Crippen molar-refractivity contribution in [3.8, 4) is 5.75 Å². The number of hydrogen-bond donors (Lipinski definition) is 0. The minimum absolute atomic E-state index is 0.195. The summed E-state index contributed by atoms with van der Waals surface area (Å²) < 4.78 is 15.9.